The fraction of sp³-hybridized carbons (Fsp3) is 0.500. The number of rotatable bonds is 3. The van der Waals surface area contributed by atoms with Gasteiger partial charge in [0.2, 0.25) is 0 Å². The Hall–Kier alpha value is -1.89. The summed E-state index contributed by atoms with van der Waals surface area (Å²) in [6.45, 7) is 5.44. The number of fused-ring (bicyclic) bond motifs is 3. The summed E-state index contributed by atoms with van der Waals surface area (Å²) < 4.78 is 11.1. The topological polar surface area (TPSA) is 97.0 Å². The van der Waals surface area contributed by atoms with E-state index in [0.29, 0.717) is 42.4 Å². The zero-order chi connectivity index (χ0) is 19.8. The van der Waals surface area contributed by atoms with E-state index in [4.69, 9.17) is 20.8 Å². The monoisotopic (exact) mass is 394 g/mol. The lowest BCUT2D eigenvalue weighted by Crippen LogP contribution is -2.36. The maximum atomic E-state index is 12.1. The number of alkyl halides is 1. The van der Waals surface area contributed by atoms with E-state index >= 15 is 0 Å². The predicted octanol–water partition coefficient (Wildman–Crippen LogP) is 2.87. The Morgan fingerprint density at radius 2 is 2.26 bits per heavy atom. The lowest BCUT2D eigenvalue weighted by molar-refractivity contribution is -0.145. The van der Waals surface area contributed by atoms with Crippen molar-refractivity contribution in [1.82, 2.24) is 0 Å². The van der Waals surface area contributed by atoms with Crippen molar-refractivity contribution in [1.29, 1.82) is 0 Å². The number of esters is 1. The minimum Gasteiger partial charge on any atom is -0.462 e. The van der Waals surface area contributed by atoms with Gasteiger partial charge < -0.3 is 19.4 Å². The summed E-state index contributed by atoms with van der Waals surface area (Å²) in [6, 6.07) is 1.44. The van der Waals surface area contributed by atoms with E-state index in [2.05, 4.69) is 6.58 Å². The van der Waals surface area contributed by atoms with Gasteiger partial charge in [-0.3, -0.25) is 4.79 Å². The van der Waals surface area contributed by atoms with Crippen LogP contribution < -0.4 is 0 Å². The number of carbonyl (C=O) groups excluding carboxylic acids is 2. The molecule has 0 saturated heterocycles. The van der Waals surface area contributed by atoms with Gasteiger partial charge in [0.05, 0.1) is 11.2 Å². The van der Waals surface area contributed by atoms with Crippen molar-refractivity contribution in [2.24, 2.45) is 5.92 Å². The summed E-state index contributed by atoms with van der Waals surface area (Å²) in [5.41, 5.74) is 0.0160. The van der Waals surface area contributed by atoms with Gasteiger partial charge in [-0.25, -0.2) is 4.79 Å². The van der Waals surface area contributed by atoms with Gasteiger partial charge in [0.15, 0.2) is 6.29 Å². The number of ether oxygens (including phenoxy) is 1. The van der Waals surface area contributed by atoms with E-state index in [9.17, 15) is 19.8 Å². The molecule has 27 heavy (non-hydrogen) atoms. The first-order valence-electron chi connectivity index (χ1n) is 8.88. The second-order valence-corrected chi connectivity index (χ2v) is 7.74. The maximum absolute atomic E-state index is 12.1. The molecule has 0 aliphatic carbocycles. The van der Waals surface area contributed by atoms with Gasteiger partial charge in [0, 0.05) is 24.3 Å². The van der Waals surface area contributed by atoms with E-state index in [1.165, 1.54) is 13.0 Å². The number of allylic oxidation sites excluding steroid dienone is 1. The van der Waals surface area contributed by atoms with Crippen LogP contribution in [0, 0.1) is 5.92 Å². The molecule has 6 nitrogen and oxygen atoms in total. The van der Waals surface area contributed by atoms with Crippen LogP contribution >= 0.6 is 11.6 Å². The van der Waals surface area contributed by atoms with Crippen LogP contribution in [0.5, 0.6) is 0 Å². The number of hydrogen-bond donors (Lipinski definition) is 2. The maximum Gasteiger partial charge on any atom is 0.334 e. The second kappa shape index (κ2) is 7.62. The molecule has 0 amide bonds. The van der Waals surface area contributed by atoms with E-state index in [-0.39, 0.29) is 24.0 Å². The van der Waals surface area contributed by atoms with Crippen LogP contribution in [0.15, 0.2) is 34.3 Å². The molecule has 0 radical (unpaired) electrons. The zero-order valence-electron chi connectivity index (χ0n) is 15.1. The molecule has 0 unspecified atom stereocenters. The van der Waals surface area contributed by atoms with Gasteiger partial charge >= 0.3 is 5.97 Å². The summed E-state index contributed by atoms with van der Waals surface area (Å²) in [5.74, 6) is 0.236. The number of hydrogen-bond acceptors (Lipinski definition) is 6. The van der Waals surface area contributed by atoms with Gasteiger partial charge in [-0.2, -0.15) is 0 Å². The van der Waals surface area contributed by atoms with E-state index in [1.54, 1.807) is 6.08 Å². The number of furan rings is 1. The van der Waals surface area contributed by atoms with Gasteiger partial charge in [0.25, 0.3) is 0 Å². The highest BCUT2D eigenvalue weighted by molar-refractivity contribution is 6.19. The third-order valence-electron chi connectivity index (χ3n) is 5.31. The molecule has 146 valence electrons. The highest BCUT2D eigenvalue weighted by Crippen LogP contribution is 2.37. The Labute approximate surface area is 162 Å². The third kappa shape index (κ3) is 4.03. The molecular weight excluding hydrogens is 372 g/mol. The largest absolute Gasteiger partial charge is 0.462 e. The minimum absolute atomic E-state index is 0.00762. The standard InChI is InChI=1S/C20H23ClO6/c1-11(9-21)12-3-4-13-5-15(26-19(13)24)8-20(2,25)18(23)17-7-14(10-22)16(6-12)27-17/h5,7,10,12,15,18,23,25H,1,3-4,6,8-9H2,2H3/t12-,15-,18-,20-/m1/s1. The minimum atomic E-state index is -1.61. The average molecular weight is 395 g/mol. The number of aldehydes is 1. The predicted molar refractivity (Wildman–Crippen MR) is 98.5 cm³/mol. The highest BCUT2D eigenvalue weighted by atomic mass is 35.5. The van der Waals surface area contributed by atoms with Crippen molar-refractivity contribution < 1.29 is 29.0 Å². The van der Waals surface area contributed by atoms with Crippen molar-refractivity contribution >= 4 is 23.9 Å². The third-order valence-corrected chi connectivity index (χ3v) is 5.65. The SMILES string of the molecule is C=C(CCl)[C@@H]1CCC2=C[C@H](C[C@@](C)(O)[C@H](O)c3cc(C=O)c(o3)C1)OC2=O. The number of halogens is 1. The zero-order valence-corrected chi connectivity index (χ0v) is 15.9. The van der Waals surface area contributed by atoms with Crippen molar-refractivity contribution in [3.63, 3.8) is 0 Å². The van der Waals surface area contributed by atoms with Gasteiger partial charge in [-0.1, -0.05) is 12.2 Å². The molecule has 0 aromatic carbocycles. The molecule has 3 rings (SSSR count). The second-order valence-electron chi connectivity index (χ2n) is 7.48. The molecule has 2 N–H and O–H groups in total. The van der Waals surface area contributed by atoms with Crippen LogP contribution in [0.2, 0.25) is 0 Å². The molecule has 7 heteroatoms. The Balaban J connectivity index is 2.03. The lowest BCUT2D eigenvalue weighted by Gasteiger charge is -2.29. The summed E-state index contributed by atoms with van der Waals surface area (Å²) >= 11 is 5.96. The number of aliphatic hydroxyl groups excluding tert-OH is 1. The summed E-state index contributed by atoms with van der Waals surface area (Å²) in [5, 5.41) is 21.4. The van der Waals surface area contributed by atoms with Crippen LogP contribution in [0.1, 0.15) is 54.2 Å². The molecule has 1 aromatic rings. The Morgan fingerprint density at radius 1 is 1.52 bits per heavy atom. The Kier molecular flexibility index (Phi) is 5.60. The summed E-state index contributed by atoms with van der Waals surface area (Å²) in [7, 11) is 0. The van der Waals surface area contributed by atoms with Crippen LogP contribution in [0.4, 0.5) is 0 Å². The fourth-order valence-electron chi connectivity index (χ4n) is 3.62. The first-order valence-corrected chi connectivity index (χ1v) is 9.42. The van der Waals surface area contributed by atoms with Crippen LogP contribution in [-0.2, 0) is 16.0 Å². The molecule has 4 bridgehead atoms. The molecule has 0 spiro atoms. The number of aliphatic hydroxyl groups is 2. The first-order chi connectivity index (χ1) is 12.7. The molecule has 3 heterocycles. The van der Waals surface area contributed by atoms with Gasteiger partial charge in [-0.05, 0) is 37.8 Å². The van der Waals surface area contributed by atoms with E-state index in [0.717, 1.165) is 5.57 Å². The molecule has 1 aromatic heterocycles. The van der Waals surface area contributed by atoms with Crippen molar-refractivity contribution in [2.75, 3.05) is 5.88 Å². The molecule has 2 aliphatic rings. The van der Waals surface area contributed by atoms with E-state index < -0.39 is 23.8 Å². The van der Waals surface area contributed by atoms with Crippen molar-refractivity contribution in [3.8, 4) is 0 Å². The average Bonchev–Trinajstić information content (AvgIpc) is 3.18. The molecule has 0 fully saturated rings. The van der Waals surface area contributed by atoms with Crippen LogP contribution in [0.3, 0.4) is 0 Å². The molecule has 4 atom stereocenters. The number of carbonyl (C=O) groups is 2. The lowest BCUT2D eigenvalue weighted by atomic mass is 9.88. The van der Waals surface area contributed by atoms with Crippen molar-refractivity contribution in [3.05, 3.63) is 47.0 Å². The smallest absolute Gasteiger partial charge is 0.334 e. The summed E-state index contributed by atoms with van der Waals surface area (Å²) in [4.78, 5) is 23.6. The first kappa shape index (κ1) is 19.9. The highest BCUT2D eigenvalue weighted by Gasteiger charge is 2.40. The molecule has 0 saturated carbocycles. The Bertz CT molecular complexity index is 790. The quantitative estimate of drug-likeness (QED) is 0.354. The van der Waals surface area contributed by atoms with E-state index in [1.807, 2.05) is 0 Å². The fourth-order valence-corrected chi connectivity index (χ4v) is 3.84. The Morgan fingerprint density at radius 3 is 2.93 bits per heavy atom. The van der Waals surface area contributed by atoms with Crippen LogP contribution in [-0.4, -0.2) is 40.1 Å². The normalized spacial score (nSPS) is 31.2. The molecule has 2 aliphatic heterocycles. The molecular formula is C20H23ClO6. The van der Waals surface area contributed by atoms with Crippen LogP contribution in [0.25, 0.3) is 0 Å². The van der Waals surface area contributed by atoms with Gasteiger partial charge in [0.1, 0.15) is 23.7 Å². The van der Waals surface area contributed by atoms with Gasteiger partial charge in [-0.15, -0.1) is 11.6 Å². The van der Waals surface area contributed by atoms with Crippen molar-refractivity contribution in [2.45, 2.75) is 50.4 Å². The summed E-state index contributed by atoms with van der Waals surface area (Å²) in [6.07, 6.45) is 1.77.